The molecule has 1 N–H and O–H groups in total. The first kappa shape index (κ1) is 19.4. The van der Waals surface area contributed by atoms with Gasteiger partial charge in [0, 0.05) is 31.1 Å². The SMILES string of the molecule is COc1ccc(Cc2nnc(C3CCN(C(=O)Nc4ccccc4)CC3)s2)cc1. The summed E-state index contributed by atoms with van der Waals surface area (Å²) < 4.78 is 5.20. The number of hydrogen-bond donors (Lipinski definition) is 1. The number of likely N-dealkylation sites (tertiary alicyclic amines) is 1. The van der Waals surface area contributed by atoms with E-state index in [0.29, 0.717) is 5.92 Å². The summed E-state index contributed by atoms with van der Waals surface area (Å²) in [4.78, 5) is 14.3. The summed E-state index contributed by atoms with van der Waals surface area (Å²) in [6, 6.07) is 17.6. The van der Waals surface area contributed by atoms with Crippen LogP contribution in [0.5, 0.6) is 5.75 Å². The lowest BCUT2D eigenvalue weighted by Crippen LogP contribution is -2.40. The highest BCUT2D eigenvalue weighted by Crippen LogP contribution is 2.31. The molecule has 0 bridgehead atoms. The zero-order valence-electron chi connectivity index (χ0n) is 16.4. The first-order valence-electron chi connectivity index (χ1n) is 9.77. The van der Waals surface area contributed by atoms with Gasteiger partial charge in [0.25, 0.3) is 0 Å². The largest absolute Gasteiger partial charge is 0.497 e. The summed E-state index contributed by atoms with van der Waals surface area (Å²) in [5.74, 6) is 1.23. The molecule has 1 aliphatic rings. The number of nitrogens with zero attached hydrogens (tertiary/aromatic N) is 3. The van der Waals surface area contributed by atoms with Crippen LogP contribution in [0.15, 0.2) is 54.6 Å². The second-order valence-electron chi connectivity index (χ2n) is 7.12. The first-order chi connectivity index (χ1) is 14.2. The number of piperidine rings is 1. The number of anilines is 1. The summed E-state index contributed by atoms with van der Waals surface area (Å²) in [6.07, 6.45) is 2.61. The molecule has 0 radical (unpaired) electrons. The van der Waals surface area contributed by atoms with E-state index in [1.54, 1.807) is 18.4 Å². The van der Waals surface area contributed by atoms with Gasteiger partial charge in [-0.05, 0) is 42.7 Å². The Hall–Kier alpha value is -2.93. The minimum Gasteiger partial charge on any atom is -0.497 e. The van der Waals surface area contributed by atoms with E-state index in [9.17, 15) is 4.79 Å². The van der Waals surface area contributed by atoms with Gasteiger partial charge < -0.3 is 15.0 Å². The number of benzene rings is 2. The number of carbonyl (C=O) groups excluding carboxylic acids is 1. The van der Waals surface area contributed by atoms with Crippen molar-refractivity contribution in [2.45, 2.75) is 25.2 Å². The van der Waals surface area contributed by atoms with E-state index in [4.69, 9.17) is 4.74 Å². The Bertz CT molecular complexity index is 935. The minimum atomic E-state index is -0.0351. The predicted octanol–water partition coefficient (Wildman–Crippen LogP) is 4.55. The topological polar surface area (TPSA) is 67.4 Å². The molecule has 3 aromatic rings. The Morgan fingerprint density at radius 1 is 1.10 bits per heavy atom. The number of rotatable bonds is 5. The molecule has 150 valence electrons. The molecular weight excluding hydrogens is 384 g/mol. The number of para-hydroxylation sites is 1. The maximum atomic E-state index is 12.4. The Morgan fingerprint density at radius 3 is 2.52 bits per heavy atom. The van der Waals surface area contributed by atoms with Crippen molar-refractivity contribution in [2.75, 3.05) is 25.5 Å². The van der Waals surface area contributed by atoms with Crippen molar-refractivity contribution < 1.29 is 9.53 Å². The number of urea groups is 1. The Morgan fingerprint density at radius 2 is 1.83 bits per heavy atom. The maximum Gasteiger partial charge on any atom is 0.321 e. The van der Waals surface area contributed by atoms with Crippen LogP contribution in [0.25, 0.3) is 0 Å². The van der Waals surface area contributed by atoms with E-state index in [1.807, 2.05) is 47.4 Å². The molecule has 0 aliphatic carbocycles. The van der Waals surface area contributed by atoms with Gasteiger partial charge in [-0.1, -0.05) is 30.3 Å². The number of methoxy groups -OCH3 is 1. The summed E-state index contributed by atoms with van der Waals surface area (Å²) in [5, 5.41) is 13.9. The highest BCUT2D eigenvalue weighted by molar-refractivity contribution is 7.11. The monoisotopic (exact) mass is 408 g/mol. The molecule has 1 aliphatic heterocycles. The fourth-order valence-corrected chi connectivity index (χ4v) is 4.52. The number of aromatic nitrogens is 2. The van der Waals surface area contributed by atoms with E-state index in [0.717, 1.165) is 53.8 Å². The molecule has 0 unspecified atom stereocenters. The fourth-order valence-electron chi connectivity index (χ4n) is 3.47. The fraction of sp³-hybridized carbons (Fsp3) is 0.318. The van der Waals surface area contributed by atoms with Gasteiger partial charge in [0.05, 0.1) is 7.11 Å². The van der Waals surface area contributed by atoms with Crippen LogP contribution in [-0.2, 0) is 6.42 Å². The summed E-state index contributed by atoms with van der Waals surface area (Å²) in [5.41, 5.74) is 2.02. The molecule has 4 rings (SSSR count). The third-order valence-electron chi connectivity index (χ3n) is 5.15. The van der Waals surface area contributed by atoms with Crippen LogP contribution in [0, 0.1) is 0 Å². The van der Waals surface area contributed by atoms with Crippen molar-refractivity contribution >= 4 is 23.1 Å². The van der Waals surface area contributed by atoms with Gasteiger partial charge in [-0.25, -0.2) is 4.79 Å². The van der Waals surface area contributed by atoms with Crippen molar-refractivity contribution in [3.8, 4) is 5.75 Å². The van der Waals surface area contributed by atoms with Gasteiger partial charge in [0.15, 0.2) is 0 Å². The normalized spacial score (nSPS) is 14.6. The average Bonchev–Trinajstić information content (AvgIpc) is 3.23. The zero-order valence-corrected chi connectivity index (χ0v) is 17.2. The molecule has 2 amide bonds. The average molecular weight is 409 g/mol. The van der Waals surface area contributed by atoms with E-state index in [-0.39, 0.29) is 6.03 Å². The van der Waals surface area contributed by atoms with Crippen LogP contribution in [0.2, 0.25) is 0 Å². The Labute approximate surface area is 174 Å². The number of ether oxygens (including phenoxy) is 1. The van der Waals surface area contributed by atoms with Gasteiger partial charge in [-0.15, -0.1) is 21.5 Å². The van der Waals surface area contributed by atoms with Crippen molar-refractivity contribution in [1.29, 1.82) is 0 Å². The second kappa shape index (κ2) is 9.05. The smallest absolute Gasteiger partial charge is 0.321 e. The lowest BCUT2D eigenvalue weighted by molar-refractivity contribution is 0.194. The molecule has 0 atom stereocenters. The molecule has 6 nitrogen and oxygen atoms in total. The van der Waals surface area contributed by atoms with Crippen molar-refractivity contribution in [3.05, 3.63) is 70.2 Å². The van der Waals surface area contributed by atoms with E-state index < -0.39 is 0 Å². The van der Waals surface area contributed by atoms with Gasteiger partial charge in [0.1, 0.15) is 15.8 Å². The second-order valence-corrected chi connectivity index (χ2v) is 8.21. The minimum absolute atomic E-state index is 0.0351. The van der Waals surface area contributed by atoms with Crippen molar-refractivity contribution in [3.63, 3.8) is 0 Å². The van der Waals surface area contributed by atoms with Crippen LogP contribution in [0.4, 0.5) is 10.5 Å². The lowest BCUT2D eigenvalue weighted by Gasteiger charge is -2.30. The van der Waals surface area contributed by atoms with Crippen LogP contribution in [0.1, 0.15) is 34.3 Å². The molecule has 1 aromatic heterocycles. The van der Waals surface area contributed by atoms with Gasteiger partial charge in [-0.3, -0.25) is 0 Å². The highest BCUT2D eigenvalue weighted by Gasteiger charge is 2.26. The third kappa shape index (κ3) is 4.92. The van der Waals surface area contributed by atoms with E-state index in [2.05, 4.69) is 27.6 Å². The first-order valence-corrected chi connectivity index (χ1v) is 10.6. The van der Waals surface area contributed by atoms with Crippen LogP contribution in [0.3, 0.4) is 0 Å². The number of carbonyl (C=O) groups is 1. The van der Waals surface area contributed by atoms with Crippen molar-refractivity contribution in [1.82, 2.24) is 15.1 Å². The van der Waals surface area contributed by atoms with Crippen LogP contribution < -0.4 is 10.1 Å². The molecule has 7 heteroatoms. The lowest BCUT2D eigenvalue weighted by atomic mass is 9.98. The molecular formula is C22H24N4O2S. The third-order valence-corrected chi connectivity index (χ3v) is 6.24. The summed E-state index contributed by atoms with van der Waals surface area (Å²) in [7, 11) is 1.67. The predicted molar refractivity (Wildman–Crippen MR) is 115 cm³/mol. The maximum absolute atomic E-state index is 12.4. The Kier molecular flexibility index (Phi) is 6.05. The summed E-state index contributed by atoms with van der Waals surface area (Å²) >= 11 is 1.68. The molecule has 0 saturated carbocycles. The number of amides is 2. The highest BCUT2D eigenvalue weighted by atomic mass is 32.1. The number of hydrogen-bond acceptors (Lipinski definition) is 5. The van der Waals surface area contributed by atoms with Gasteiger partial charge in [-0.2, -0.15) is 0 Å². The van der Waals surface area contributed by atoms with Crippen LogP contribution >= 0.6 is 11.3 Å². The number of nitrogens with one attached hydrogen (secondary N) is 1. The molecule has 2 aromatic carbocycles. The zero-order chi connectivity index (χ0) is 20.1. The van der Waals surface area contributed by atoms with Crippen LogP contribution in [-0.4, -0.2) is 41.3 Å². The molecule has 0 spiro atoms. The van der Waals surface area contributed by atoms with Crippen molar-refractivity contribution in [2.24, 2.45) is 0 Å². The quantitative estimate of drug-likeness (QED) is 0.673. The Balaban J connectivity index is 1.30. The standard InChI is InChI=1S/C22H24N4O2S/c1-28-19-9-7-16(8-10-19)15-20-24-25-21(29-20)17-11-13-26(14-12-17)22(27)23-18-5-3-2-4-6-18/h2-10,17H,11-15H2,1H3,(H,23,27). The molecule has 29 heavy (non-hydrogen) atoms. The van der Waals surface area contributed by atoms with E-state index >= 15 is 0 Å². The molecule has 1 saturated heterocycles. The van der Waals surface area contributed by atoms with Gasteiger partial charge in [0.2, 0.25) is 0 Å². The van der Waals surface area contributed by atoms with Gasteiger partial charge >= 0.3 is 6.03 Å². The van der Waals surface area contributed by atoms with E-state index in [1.165, 1.54) is 5.56 Å². The summed E-state index contributed by atoms with van der Waals surface area (Å²) in [6.45, 7) is 1.47. The molecule has 2 heterocycles. The molecule has 1 fully saturated rings.